The maximum absolute atomic E-state index is 12.7. The van der Waals surface area contributed by atoms with Crippen molar-refractivity contribution in [3.8, 4) is 0 Å². The number of nitrogens with zero attached hydrogens (tertiary/aromatic N) is 1. The molecule has 0 bridgehead atoms. The van der Waals surface area contributed by atoms with E-state index < -0.39 is 10.0 Å². The van der Waals surface area contributed by atoms with Gasteiger partial charge in [-0.3, -0.25) is 4.79 Å². The van der Waals surface area contributed by atoms with Crippen LogP contribution in [0.3, 0.4) is 0 Å². The van der Waals surface area contributed by atoms with Gasteiger partial charge < -0.3 is 5.32 Å². The zero-order chi connectivity index (χ0) is 20.0. The highest BCUT2D eigenvalue weighted by Gasteiger charge is 2.24. The van der Waals surface area contributed by atoms with Crippen LogP contribution in [0.1, 0.15) is 30.5 Å². The van der Waals surface area contributed by atoms with Gasteiger partial charge in [-0.25, -0.2) is 8.42 Å². The van der Waals surface area contributed by atoms with Gasteiger partial charge in [0.1, 0.15) is 0 Å². The Morgan fingerprint density at radius 1 is 1.11 bits per heavy atom. The van der Waals surface area contributed by atoms with Crippen molar-refractivity contribution in [2.45, 2.75) is 36.1 Å². The number of hydrogen-bond donors (Lipinski definition) is 1. The molecule has 0 aliphatic carbocycles. The van der Waals surface area contributed by atoms with Gasteiger partial charge in [0.15, 0.2) is 0 Å². The molecule has 0 fully saturated rings. The van der Waals surface area contributed by atoms with Crippen LogP contribution in [0.5, 0.6) is 0 Å². The average molecular weight is 407 g/mol. The molecular weight excluding hydrogens is 380 g/mol. The van der Waals surface area contributed by atoms with Gasteiger partial charge in [0.2, 0.25) is 15.9 Å². The molecule has 0 heterocycles. The van der Waals surface area contributed by atoms with Crippen LogP contribution >= 0.6 is 11.8 Å². The van der Waals surface area contributed by atoms with Gasteiger partial charge in [-0.2, -0.15) is 4.31 Å². The molecule has 0 saturated carbocycles. The zero-order valence-electron chi connectivity index (χ0n) is 16.1. The summed E-state index contributed by atoms with van der Waals surface area (Å²) in [6, 6.07) is 14.5. The van der Waals surface area contributed by atoms with Gasteiger partial charge in [0.25, 0.3) is 0 Å². The summed E-state index contributed by atoms with van der Waals surface area (Å²) < 4.78 is 26.4. The first-order valence-electron chi connectivity index (χ1n) is 8.74. The highest BCUT2D eigenvalue weighted by molar-refractivity contribution is 7.98. The monoisotopic (exact) mass is 406 g/mol. The lowest BCUT2D eigenvalue weighted by Gasteiger charge is -2.21. The number of sulfonamides is 1. The Balaban J connectivity index is 2.05. The lowest BCUT2D eigenvalue weighted by Crippen LogP contribution is -2.39. The van der Waals surface area contributed by atoms with Crippen LogP contribution in [-0.2, 0) is 14.8 Å². The molecule has 2 aromatic rings. The molecule has 0 spiro atoms. The Morgan fingerprint density at radius 3 is 2.22 bits per heavy atom. The Hall–Kier alpha value is -1.83. The van der Waals surface area contributed by atoms with Gasteiger partial charge in [-0.15, -0.1) is 11.8 Å². The third kappa shape index (κ3) is 5.57. The maximum atomic E-state index is 12.7. The van der Waals surface area contributed by atoms with Crippen LogP contribution in [0.25, 0.3) is 0 Å². The third-order valence-corrected chi connectivity index (χ3v) is 6.92. The van der Waals surface area contributed by atoms with Crippen molar-refractivity contribution in [1.29, 1.82) is 0 Å². The Kier molecular flexibility index (Phi) is 7.47. The van der Waals surface area contributed by atoms with Crippen LogP contribution in [0.15, 0.2) is 58.3 Å². The first-order chi connectivity index (χ1) is 12.8. The number of nitrogens with one attached hydrogen (secondary N) is 1. The molecular formula is C20H26N2O3S2. The highest BCUT2D eigenvalue weighted by Crippen LogP contribution is 2.20. The number of carbonyl (C=O) groups is 1. The highest BCUT2D eigenvalue weighted by atomic mass is 32.2. The van der Waals surface area contributed by atoms with Crippen molar-refractivity contribution in [3.63, 3.8) is 0 Å². The van der Waals surface area contributed by atoms with E-state index in [0.717, 1.165) is 26.7 Å². The first kappa shape index (κ1) is 21.5. The van der Waals surface area contributed by atoms with Crippen molar-refractivity contribution in [3.05, 3.63) is 59.7 Å². The van der Waals surface area contributed by atoms with Gasteiger partial charge in [0, 0.05) is 11.9 Å². The van der Waals surface area contributed by atoms with E-state index in [0.29, 0.717) is 0 Å². The topological polar surface area (TPSA) is 66.5 Å². The maximum Gasteiger partial charge on any atom is 0.243 e. The normalized spacial score (nSPS) is 12.8. The molecule has 0 radical (unpaired) electrons. The second kappa shape index (κ2) is 9.39. The number of thioether (sulfide) groups is 1. The van der Waals surface area contributed by atoms with E-state index in [1.54, 1.807) is 36.0 Å². The van der Waals surface area contributed by atoms with E-state index >= 15 is 0 Å². The van der Waals surface area contributed by atoms with Crippen molar-refractivity contribution in [2.75, 3.05) is 19.8 Å². The fourth-order valence-electron chi connectivity index (χ4n) is 2.67. The number of carbonyl (C=O) groups excluding carboxylic acids is 1. The van der Waals surface area contributed by atoms with Crippen molar-refractivity contribution < 1.29 is 13.2 Å². The number of benzene rings is 2. The number of amides is 1. The Labute approximate surface area is 166 Å². The summed E-state index contributed by atoms with van der Waals surface area (Å²) in [7, 11) is -2.29. The lowest BCUT2D eigenvalue weighted by molar-refractivity contribution is -0.121. The minimum atomic E-state index is -3.71. The standard InChI is InChI=1S/C20H26N2O3S2/c1-5-19(16-8-6-15(2)7-9-16)21-20(23)14-22(3)27(24,25)18-12-10-17(26-4)11-13-18/h6-13,19H,5,14H2,1-4H3,(H,21,23)/t19-/m0/s1. The Morgan fingerprint density at radius 2 is 1.70 bits per heavy atom. The summed E-state index contributed by atoms with van der Waals surface area (Å²) in [6.45, 7) is 3.77. The summed E-state index contributed by atoms with van der Waals surface area (Å²) in [5, 5.41) is 2.93. The molecule has 0 aliphatic rings. The SMILES string of the molecule is CC[C@H](NC(=O)CN(C)S(=O)(=O)c1ccc(SC)cc1)c1ccc(C)cc1. The molecule has 1 atom stereocenters. The van der Waals surface area contributed by atoms with Crippen LogP contribution in [0.2, 0.25) is 0 Å². The predicted molar refractivity (Wildman–Crippen MR) is 110 cm³/mol. The van der Waals surface area contributed by atoms with E-state index in [4.69, 9.17) is 0 Å². The van der Waals surface area contributed by atoms with Gasteiger partial charge in [0.05, 0.1) is 17.5 Å². The number of aryl methyl sites for hydroxylation is 1. The molecule has 1 amide bonds. The molecule has 0 aromatic heterocycles. The van der Waals surface area contributed by atoms with Crippen LogP contribution in [-0.4, -0.2) is 38.5 Å². The lowest BCUT2D eigenvalue weighted by atomic mass is 10.0. The first-order valence-corrected chi connectivity index (χ1v) is 11.4. The molecule has 2 rings (SSSR count). The van der Waals surface area contributed by atoms with E-state index in [1.165, 1.54) is 7.05 Å². The molecule has 146 valence electrons. The van der Waals surface area contributed by atoms with E-state index in [9.17, 15) is 13.2 Å². The molecule has 0 unspecified atom stereocenters. The van der Waals surface area contributed by atoms with Gasteiger partial charge in [-0.05, 0) is 49.4 Å². The summed E-state index contributed by atoms with van der Waals surface area (Å²) in [5.41, 5.74) is 2.16. The fraction of sp³-hybridized carbons (Fsp3) is 0.350. The van der Waals surface area contributed by atoms with Crippen LogP contribution < -0.4 is 5.32 Å². The number of hydrogen-bond acceptors (Lipinski definition) is 4. The van der Waals surface area contributed by atoms with Crippen LogP contribution in [0, 0.1) is 6.92 Å². The van der Waals surface area contributed by atoms with Gasteiger partial charge >= 0.3 is 0 Å². The van der Waals surface area contributed by atoms with Gasteiger partial charge in [-0.1, -0.05) is 36.8 Å². The molecule has 7 heteroatoms. The third-order valence-electron chi connectivity index (χ3n) is 4.36. The van der Waals surface area contributed by atoms with E-state index in [2.05, 4.69) is 5.32 Å². The minimum absolute atomic E-state index is 0.143. The minimum Gasteiger partial charge on any atom is -0.348 e. The summed E-state index contributed by atoms with van der Waals surface area (Å²) in [6.07, 6.45) is 2.65. The Bertz CT molecular complexity index is 863. The number of likely N-dealkylation sites (N-methyl/N-ethyl adjacent to an activating group) is 1. The largest absolute Gasteiger partial charge is 0.348 e. The molecule has 0 saturated heterocycles. The molecule has 27 heavy (non-hydrogen) atoms. The quantitative estimate of drug-likeness (QED) is 0.680. The zero-order valence-corrected chi connectivity index (χ0v) is 17.7. The van der Waals surface area contributed by atoms with E-state index in [-0.39, 0.29) is 23.4 Å². The smallest absolute Gasteiger partial charge is 0.243 e. The summed E-state index contributed by atoms with van der Waals surface area (Å²) in [4.78, 5) is 13.6. The summed E-state index contributed by atoms with van der Waals surface area (Å²) >= 11 is 1.54. The number of rotatable bonds is 8. The summed E-state index contributed by atoms with van der Waals surface area (Å²) in [5.74, 6) is -0.325. The molecule has 0 aliphatic heterocycles. The molecule has 2 aromatic carbocycles. The van der Waals surface area contributed by atoms with Crippen molar-refractivity contribution in [2.24, 2.45) is 0 Å². The van der Waals surface area contributed by atoms with Crippen molar-refractivity contribution >= 4 is 27.7 Å². The average Bonchev–Trinajstić information content (AvgIpc) is 2.66. The molecule has 1 N–H and O–H groups in total. The predicted octanol–water partition coefficient (Wildman–Crippen LogP) is 3.60. The van der Waals surface area contributed by atoms with Crippen molar-refractivity contribution in [1.82, 2.24) is 9.62 Å². The molecule has 5 nitrogen and oxygen atoms in total. The van der Waals surface area contributed by atoms with E-state index in [1.807, 2.05) is 44.4 Å². The van der Waals surface area contributed by atoms with Crippen LogP contribution in [0.4, 0.5) is 0 Å². The second-order valence-electron chi connectivity index (χ2n) is 6.38. The fourth-order valence-corrected chi connectivity index (χ4v) is 4.21. The second-order valence-corrected chi connectivity index (χ2v) is 9.30.